The molecule has 104 valence electrons. The Morgan fingerprint density at radius 2 is 1.95 bits per heavy atom. The molecule has 0 bridgehead atoms. The van der Waals surface area contributed by atoms with E-state index >= 15 is 0 Å². The zero-order chi connectivity index (χ0) is 14.5. The Morgan fingerprint density at radius 3 is 2.65 bits per heavy atom. The molecule has 0 radical (unpaired) electrons. The van der Waals surface area contributed by atoms with Crippen molar-refractivity contribution in [3.63, 3.8) is 0 Å². The topological polar surface area (TPSA) is 24.1 Å². The summed E-state index contributed by atoms with van der Waals surface area (Å²) in [6.45, 7) is 0.538. The van der Waals surface area contributed by atoms with Crippen LogP contribution in [0.2, 0.25) is 10.0 Å². The predicted octanol–water partition coefficient (Wildman–Crippen LogP) is 5.24. The van der Waals surface area contributed by atoms with Gasteiger partial charge in [-0.15, -0.1) is 0 Å². The second-order valence-electron chi connectivity index (χ2n) is 4.05. The Labute approximate surface area is 141 Å². The molecule has 2 rings (SSSR count). The first-order valence-corrected chi connectivity index (χ1v) is 7.74. The van der Waals surface area contributed by atoms with E-state index in [0.29, 0.717) is 21.7 Å². The van der Waals surface area contributed by atoms with Gasteiger partial charge in [-0.2, -0.15) is 0 Å². The third-order valence-electron chi connectivity index (χ3n) is 2.54. The Kier molecular flexibility index (Phi) is 5.66. The second kappa shape index (κ2) is 7.27. The number of rotatable bonds is 3. The Morgan fingerprint density at radius 1 is 1.15 bits per heavy atom. The molecule has 2 nitrogen and oxygen atoms in total. The molecule has 2 aromatic carbocycles. The standard InChI is InChI=1S/C14H11BrCl2N2S/c15-10-2-1-3-12(6-10)19-14(20)18-8-9-4-5-11(16)7-13(9)17/h1-7H,8H2,(H2,18,19,20). The number of halogens is 3. The minimum atomic E-state index is 0.536. The first kappa shape index (κ1) is 15.6. The van der Waals surface area contributed by atoms with Gasteiger partial charge in [0, 0.05) is 26.8 Å². The van der Waals surface area contributed by atoms with Gasteiger partial charge in [0.2, 0.25) is 0 Å². The van der Waals surface area contributed by atoms with E-state index in [9.17, 15) is 0 Å². The fourth-order valence-corrected chi connectivity index (χ4v) is 2.65. The van der Waals surface area contributed by atoms with Crippen LogP contribution in [0.5, 0.6) is 0 Å². The number of anilines is 1. The van der Waals surface area contributed by atoms with Gasteiger partial charge in [-0.1, -0.05) is 51.3 Å². The van der Waals surface area contributed by atoms with Gasteiger partial charge in [0.05, 0.1) is 0 Å². The molecule has 2 aromatic rings. The summed E-state index contributed by atoms with van der Waals surface area (Å²) in [5.41, 5.74) is 1.86. The lowest BCUT2D eigenvalue weighted by Gasteiger charge is -2.11. The van der Waals surface area contributed by atoms with Crippen LogP contribution in [0.1, 0.15) is 5.56 Å². The molecule has 0 amide bonds. The smallest absolute Gasteiger partial charge is 0.171 e. The van der Waals surface area contributed by atoms with Crippen LogP contribution >= 0.6 is 51.3 Å². The van der Waals surface area contributed by atoms with Crippen molar-refractivity contribution in [2.75, 3.05) is 5.32 Å². The van der Waals surface area contributed by atoms with E-state index in [-0.39, 0.29) is 0 Å². The van der Waals surface area contributed by atoms with Crippen molar-refractivity contribution in [1.29, 1.82) is 0 Å². The Bertz CT molecular complexity index is 634. The van der Waals surface area contributed by atoms with Crippen LogP contribution in [-0.2, 0) is 6.54 Å². The third-order valence-corrected chi connectivity index (χ3v) is 3.86. The molecule has 0 spiro atoms. The normalized spacial score (nSPS) is 10.2. The lowest BCUT2D eigenvalue weighted by atomic mass is 10.2. The number of hydrogen-bond donors (Lipinski definition) is 2. The van der Waals surface area contributed by atoms with E-state index < -0.39 is 0 Å². The number of nitrogens with one attached hydrogen (secondary N) is 2. The predicted molar refractivity (Wildman–Crippen MR) is 93.7 cm³/mol. The van der Waals surface area contributed by atoms with Crippen molar-refractivity contribution in [3.05, 3.63) is 62.5 Å². The van der Waals surface area contributed by atoms with E-state index in [4.69, 9.17) is 35.4 Å². The van der Waals surface area contributed by atoms with E-state index in [1.165, 1.54) is 0 Å². The summed E-state index contributed by atoms with van der Waals surface area (Å²) >= 11 is 20.6. The van der Waals surface area contributed by atoms with Gasteiger partial charge < -0.3 is 10.6 Å². The number of thiocarbonyl (C=S) groups is 1. The van der Waals surface area contributed by atoms with Crippen molar-refractivity contribution >= 4 is 62.1 Å². The summed E-state index contributed by atoms with van der Waals surface area (Å²) in [4.78, 5) is 0. The largest absolute Gasteiger partial charge is 0.358 e. The van der Waals surface area contributed by atoms with Crippen LogP contribution in [-0.4, -0.2) is 5.11 Å². The third kappa shape index (κ3) is 4.63. The van der Waals surface area contributed by atoms with Gasteiger partial charge in [0.1, 0.15) is 0 Å². The molecule has 0 aliphatic carbocycles. The lowest BCUT2D eigenvalue weighted by Crippen LogP contribution is -2.27. The molecule has 0 aliphatic rings. The molecular weight excluding hydrogens is 379 g/mol. The summed E-state index contributed by atoms with van der Waals surface area (Å²) < 4.78 is 0.992. The van der Waals surface area contributed by atoms with Gasteiger partial charge in [0.25, 0.3) is 0 Å². The first-order valence-electron chi connectivity index (χ1n) is 5.79. The van der Waals surface area contributed by atoms with Crippen LogP contribution in [0.15, 0.2) is 46.9 Å². The number of hydrogen-bond acceptors (Lipinski definition) is 1. The maximum atomic E-state index is 6.10. The van der Waals surface area contributed by atoms with Crippen LogP contribution < -0.4 is 10.6 Å². The molecule has 0 aliphatic heterocycles. The van der Waals surface area contributed by atoms with Crippen molar-refractivity contribution < 1.29 is 0 Å². The highest BCUT2D eigenvalue weighted by molar-refractivity contribution is 9.10. The van der Waals surface area contributed by atoms with Gasteiger partial charge in [-0.3, -0.25) is 0 Å². The molecule has 2 N–H and O–H groups in total. The highest BCUT2D eigenvalue weighted by Gasteiger charge is 2.03. The van der Waals surface area contributed by atoms with Crippen molar-refractivity contribution in [2.45, 2.75) is 6.54 Å². The molecule has 0 unspecified atom stereocenters. The zero-order valence-electron chi connectivity index (χ0n) is 10.3. The number of benzene rings is 2. The maximum Gasteiger partial charge on any atom is 0.171 e. The Balaban J connectivity index is 1.92. The van der Waals surface area contributed by atoms with Crippen LogP contribution in [0.3, 0.4) is 0 Å². The van der Waals surface area contributed by atoms with Gasteiger partial charge >= 0.3 is 0 Å². The van der Waals surface area contributed by atoms with Crippen LogP contribution in [0, 0.1) is 0 Å². The van der Waals surface area contributed by atoms with E-state index in [1.807, 2.05) is 30.3 Å². The zero-order valence-corrected chi connectivity index (χ0v) is 14.2. The minimum absolute atomic E-state index is 0.536. The lowest BCUT2D eigenvalue weighted by molar-refractivity contribution is 0.926. The molecule has 0 fully saturated rings. The van der Waals surface area contributed by atoms with Gasteiger partial charge in [-0.05, 0) is 48.1 Å². The molecule has 6 heteroatoms. The molecule has 0 atom stereocenters. The summed E-state index contributed by atoms with van der Waals surface area (Å²) in [6, 6.07) is 13.2. The van der Waals surface area contributed by atoms with E-state index in [0.717, 1.165) is 15.7 Å². The quantitative estimate of drug-likeness (QED) is 0.701. The molecule has 0 aromatic heterocycles. The maximum absolute atomic E-state index is 6.10. The van der Waals surface area contributed by atoms with Crippen molar-refractivity contribution in [3.8, 4) is 0 Å². The summed E-state index contributed by atoms with van der Waals surface area (Å²) in [5, 5.41) is 7.99. The first-order chi connectivity index (χ1) is 9.54. The second-order valence-corrected chi connectivity index (χ2v) is 6.22. The molecule has 20 heavy (non-hydrogen) atoms. The van der Waals surface area contributed by atoms with Crippen molar-refractivity contribution in [2.24, 2.45) is 0 Å². The SMILES string of the molecule is S=C(NCc1ccc(Cl)cc1Cl)Nc1cccc(Br)c1. The van der Waals surface area contributed by atoms with Gasteiger partial charge in [-0.25, -0.2) is 0 Å². The van der Waals surface area contributed by atoms with Crippen LogP contribution in [0.4, 0.5) is 5.69 Å². The van der Waals surface area contributed by atoms with E-state index in [1.54, 1.807) is 12.1 Å². The minimum Gasteiger partial charge on any atom is -0.358 e. The highest BCUT2D eigenvalue weighted by Crippen LogP contribution is 2.21. The van der Waals surface area contributed by atoms with Gasteiger partial charge in [0.15, 0.2) is 5.11 Å². The van der Waals surface area contributed by atoms with Crippen molar-refractivity contribution in [1.82, 2.24) is 5.32 Å². The molecule has 0 saturated carbocycles. The van der Waals surface area contributed by atoms with E-state index in [2.05, 4.69) is 26.6 Å². The fraction of sp³-hybridized carbons (Fsp3) is 0.0714. The molecule has 0 heterocycles. The average molecular weight is 390 g/mol. The Hall–Kier alpha value is -0.810. The summed E-state index contributed by atoms with van der Waals surface area (Å²) in [7, 11) is 0. The molecular formula is C14H11BrCl2N2S. The fourth-order valence-electron chi connectivity index (χ4n) is 1.58. The molecule has 0 saturated heterocycles. The highest BCUT2D eigenvalue weighted by atomic mass is 79.9. The monoisotopic (exact) mass is 388 g/mol. The summed E-state index contributed by atoms with van der Waals surface area (Å²) in [6.07, 6.45) is 0. The average Bonchev–Trinajstić information content (AvgIpc) is 2.37. The summed E-state index contributed by atoms with van der Waals surface area (Å²) in [5.74, 6) is 0. The van der Waals surface area contributed by atoms with Crippen LogP contribution in [0.25, 0.3) is 0 Å².